The van der Waals surface area contributed by atoms with Gasteiger partial charge in [0.05, 0.1) is 0 Å². The van der Waals surface area contributed by atoms with Crippen molar-refractivity contribution in [2.45, 2.75) is 27.2 Å². The Morgan fingerprint density at radius 1 is 1.43 bits per heavy atom. The van der Waals surface area contributed by atoms with E-state index in [0.717, 1.165) is 11.5 Å². The maximum absolute atomic E-state index is 5.61. The second-order valence-electron chi connectivity index (χ2n) is 1.67. The molecule has 0 saturated heterocycles. The summed E-state index contributed by atoms with van der Waals surface area (Å²) < 4.78 is 0. The summed E-state index contributed by atoms with van der Waals surface area (Å²) in [6.45, 7) is 6.06. The van der Waals surface area contributed by atoms with Crippen molar-refractivity contribution in [3.8, 4) is 0 Å². The maximum atomic E-state index is 5.61. The Bertz CT molecular complexity index is 78.2. The molecule has 0 heterocycles. The molecular formula is C6H11Cl. The van der Waals surface area contributed by atoms with Crippen LogP contribution in [0.1, 0.15) is 27.2 Å². The van der Waals surface area contributed by atoms with Crippen molar-refractivity contribution in [2.24, 2.45) is 0 Å². The molecule has 0 atom stereocenters. The summed E-state index contributed by atoms with van der Waals surface area (Å²) in [5.41, 5.74) is 1.28. The summed E-state index contributed by atoms with van der Waals surface area (Å²) in [6, 6.07) is 0. The van der Waals surface area contributed by atoms with Crippen molar-refractivity contribution in [1.82, 2.24) is 0 Å². The second-order valence-corrected chi connectivity index (χ2v) is 2.23. The van der Waals surface area contributed by atoms with Gasteiger partial charge < -0.3 is 0 Å². The first-order valence-electron chi connectivity index (χ1n) is 2.50. The van der Waals surface area contributed by atoms with Gasteiger partial charge in [-0.15, -0.1) is 0 Å². The molecule has 0 unspecified atom stereocenters. The fourth-order valence-electron chi connectivity index (χ4n) is 0.244. The Hall–Kier alpha value is 0.0300. The maximum Gasteiger partial charge on any atom is 0.0139 e. The summed E-state index contributed by atoms with van der Waals surface area (Å²) in [4.78, 5) is 0. The zero-order valence-electron chi connectivity index (χ0n) is 5.09. The van der Waals surface area contributed by atoms with Crippen LogP contribution in [0.3, 0.4) is 0 Å². The Morgan fingerprint density at radius 3 is 1.86 bits per heavy atom. The van der Waals surface area contributed by atoms with Gasteiger partial charge in [0, 0.05) is 5.03 Å². The quantitative estimate of drug-likeness (QED) is 0.497. The molecule has 0 N–H and O–H groups in total. The van der Waals surface area contributed by atoms with Crippen molar-refractivity contribution in [3.05, 3.63) is 10.6 Å². The molecule has 0 aliphatic heterocycles. The highest BCUT2D eigenvalue weighted by atomic mass is 35.5. The highest BCUT2D eigenvalue weighted by Crippen LogP contribution is 2.09. The number of rotatable bonds is 1. The molecule has 0 aromatic rings. The fourth-order valence-corrected chi connectivity index (χ4v) is 0.377. The van der Waals surface area contributed by atoms with Crippen LogP contribution in [0.25, 0.3) is 0 Å². The van der Waals surface area contributed by atoms with Gasteiger partial charge in [-0.3, -0.25) is 0 Å². The van der Waals surface area contributed by atoms with Crippen molar-refractivity contribution < 1.29 is 0 Å². The van der Waals surface area contributed by atoms with Crippen LogP contribution in [0, 0.1) is 0 Å². The molecule has 0 bridgehead atoms. The molecule has 0 saturated carbocycles. The molecule has 0 fully saturated rings. The zero-order chi connectivity index (χ0) is 5.86. The second kappa shape index (κ2) is 3.09. The van der Waals surface area contributed by atoms with Crippen LogP contribution in [0.15, 0.2) is 10.6 Å². The largest absolute Gasteiger partial charge is 0.0895 e. The van der Waals surface area contributed by atoms with Gasteiger partial charge in [-0.25, -0.2) is 0 Å². The van der Waals surface area contributed by atoms with Crippen LogP contribution >= 0.6 is 11.6 Å². The van der Waals surface area contributed by atoms with Crippen LogP contribution in [0.4, 0.5) is 0 Å². The molecule has 0 amide bonds. The third-order valence-corrected chi connectivity index (χ3v) is 1.44. The number of hydrogen-bond acceptors (Lipinski definition) is 0. The summed E-state index contributed by atoms with van der Waals surface area (Å²) in [5, 5.41) is 0.933. The summed E-state index contributed by atoms with van der Waals surface area (Å²) in [5.74, 6) is 0. The normalized spacial score (nSPS) is 13.7. The van der Waals surface area contributed by atoms with Crippen molar-refractivity contribution in [1.29, 1.82) is 0 Å². The first-order chi connectivity index (χ1) is 3.18. The first kappa shape index (κ1) is 7.03. The minimum Gasteiger partial charge on any atom is -0.0895 e. The third kappa shape index (κ3) is 2.69. The summed E-state index contributed by atoms with van der Waals surface area (Å²) in [7, 11) is 0. The molecule has 1 heteroatoms. The van der Waals surface area contributed by atoms with Crippen molar-refractivity contribution in [3.63, 3.8) is 0 Å². The number of hydrogen-bond donors (Lipinski definition) is 0. The van der Waals surface area contributed by atoms with Gasteiger partial charge in [0.25, 0.3) is 0 Å². The van der Waals surface area contributed by atoms with Gasteiger partial charge >= 0.3 is 0 Å². The minimum absolute atomic E-state index is 0.933. The van der Waals surface area contributed by atoms with E-state index in [-0.39, 0.29) is 0 Å². The fraction of sp³-hybridized carbons (Fsp3) is 0.667. The van der Waals surface area contributed by atoms with Gasteiger partial charge in [0.1, 0.15) is 0 Å². The van der Waals surface area contributed by atoms with E-state index in [4.69, 9.17) is 11.6 Å². The average molecular weight is 119 g/mol. The lowest BCUT2D eigenvalue weighted by atomic mass is 10.2. The summed E-state index contributed by atoms with van der Waals surface area (Å²) in [6.07, 6.45) is 1.06. The molecule has 0 aliphatic rings. The predicted molar refractivity (Wildman–Crippen MR) is 34.5 cm³/mol. The topological polar surface area (TPSA) is 0 Å². The van der Waals surface area contributed by atoms with E-state index >= 15 is 0 Å². The van der Waals surface area contributed by atoms with Gasteiger partial charge in [-0.1, -0.05) is 24.1 Å². The van der Waals surface area contributed by atoms with E-state index in [9.17, 15) is 0 Å². The molecule has 0 aliphatic carbocycles. The highest BCUT2D eigenvalue weighted by molar-refractivity contribution is 6.29. The van der Waals surface area contributed by atoms with Crippen molar-refractivity contribution >= 4 is 11.6 Å². The molecule has 0 aromatic heterocycles. The van der Waals surface area contributed by atoms with Crippen molar-refractivity contribution in [2.75, 3.05) is 0 Å². The Kier molecular flexibility index (Phi) is 3.10. The third-order valence-electron chi connectivity index (χ3n) is 1.12. The Morgan fingerprint density at radius 2 is 1.86 bits per heavy atom. The average Bonchev–Trinajstić information content (AvgIpc) is 1.65. The van der Waals surface area contributed by atoms with Gasteiger partial charge in [-0.05, 0) is 20.3 Å². The zero-order valence-corrected chi connectivity index (χ0v) is 5.84. The van der Waals surface area contributed by atoms with E-state index in [1.54, 1.807) is 0 Å². The van der Waals surface area contributed by atoms with Gasteiger partial charge in [0.15, 0.2) is 0 Å². The lowest BCUT2D eigenvalue weighted by molar-refractivity contribution is 1.08. The van der Waals surface area contributed by atoms with E-state index in [2.05, 4.69) is 6.92 Å². The Labute approximate surface area is 50.2 Å². The molecule has 42 valence electrons. The van der Waals surface area contributed by atoms with E-state index in [1.165, 1.54) is 5.57 Å². The lowest BCUT2D eigenvalue weighted by Gasteiger charge is -1.92. The number of allylic oxidation sites excluding steroid dienone is 2. The lowest BCUT2D eigenvalue weighted by Crippen LogP contribution is -1.70. The highest BCUT2D eigenvalue weighted by Gasteiger charge is 1.85. The van der Waals surface area contributed by atoms with Gasteiger partial charge in [0.2, 0.25) is 0 Å². The van der Waals surface area contributed by atoms with E-state index < -0.39 is 0 Å². The molecular weight excluding hydrogens is 108 g/mol. The first-order valence-corrected chi connectivity index (χ1v) is 2.88. The van der Waals surface area contributed by atoms with Crippen LogP contribution in [0.2, 0.25) is 0 Å². The molecule has 0 spiro atoms. The standard InChI is InChI=1S/C6H11Cl/c1-4-5(2)6(3)7/h4H2,1-3H3/b6-5-. The van der Waals surface area contributed by atoms with Crippen LogP contribution in [-0.4, -0.2) is 0 Å². The monoisotopic (exact) mass is 118 g/mol. The summed E-state index contributed by atoms with van der Waals surface area (Å²) >= 11 is 5.61. The predicted octanol–water partition coefficient (Wildman–Crippen LogP) is 2.93. The molecule has 0 aromatic carbocycles. The van der Waals surface area contributed by atoms with Crippen LogP contribution in [-0.2, 0) is 0 Å². The smallest absolute Gasteiger partial charge is 0.0139 e. The van der Waals surface area contributed by atoms with E-state index in [1.807, 2.05) is 13.8 Å². The van der Waals surface area contributed by atoms with Crippen LogP contribution < -0.4 is 0 Å². The molecule has 0 radical (unpaired) electrons. The Balaban J connectivity index is 3.72. The molecule has 7 heavy (non-hydrogen) atoms. The SMILES string of the molecule is CC/C(C)=C(/C)Cl. The molecule has 0 rings (SSSR count). The molecule has 0 nitrogen and oxygen atoms in total. The van der Waals surface area contributed by atoms with Gasteiger partial charge in [-0.2, -0.15) is 0 Å². The minimum atomic E-state index is 0.933. The number of halogens is 1. The van der Waals surface area contributed by atoms with E-state index in [0.29, 0.717) is 0 Å². The van der Waals surface area contributed by atoms with Crippen LogP contribution in [0.5, 0.6) is 0 Å².